The molecule has 0 radical (unpaired) electrons. The zero-order chi connectivity index (χ0) is 19.1. The molecule has 6 nitrogen and oxygen atoms in total. The van der Waals surface area contributed by atoms with E-state index in [2.05, 4.69) is 16.5 Å². The Hall–Kier alpha value is -3.28. The summed E-state index contributed by atoms with van der Waals surface area (Å²) in [4.78, 5) is 12.4. The van der Waals surface area contributed by atoms with E-state index in [-0.39, 0.29) is 17.6 Å². The minimum absolute atomic E-state index is 0.0595. The quantitative estimate of drug-likeness (QED) is 0.744. The van der Waals surface area contributed by atoms with E-state index in [0.29, 0.717) is 18.0 Å². The molecule has 0 saturated heterocycles. The first-order valence-electron chi connectivity index (χ1n) is 8.79. The molecule has 1 amide bonds. The largest absolute Gasteiger partial charge is 0.504 e. The van der Waals surface area contributed by atoms with Crippen LogP contribution < -0.4 is 10.1 Å². The van der Waals surface area contributed by atoms with Gasteiger partial charge in [-0.25, -0.2) is 4.68 Å². The highest BCUT2D eigenvalue weighted by Crippen LogP contribution is 2.40. The lowest BCUT2D eigenvalue weighted by molar-refractivity contribution is -0.116. The van der Waals surface area contributed by atoms with Crippen molar-refractivity contribution in [2.75, 3.05) is 12.4 Å². The summed E-state index contributed by atoms with van der Waals surface area (Å²) in [6, 6.07) is 11.4. The maximum absolute atomic E-state index is 12.4. The Morgan fingerprint density at radius 2 is 1.93 bits per heavy atom. The van der Waals surface area contributed by atoms with Crippen LogP contribution in [0.3, 0.4) is 0 Å². The fourth-order valence-corrected chi connectivity index (χ4v) is 3.71. The molecule has 1 unspecified atom stereocenters. The molecule has 0 fully saturated rings. The van der Waals surface area contributed by atoms with Gasteiger partial charge in [-0.1, -0.05) is 12.1 Å². The molecule has 3 aromatic rings. The SMILES string of the molecule is COc1ccc(C2CC(=O)Nc3c2cnn3-c2cc(C)cc(C)c2)cc1O. The Morgan fingerprint density at radius 1 is 1.19 bits per heavy atom. The second-order valence-corrected chi connectivity index (χ2v) is 6.94. The number of fused-ring (bicyclic) bond motifs is 1. The molecule has 2 heterocycles. The van der Waals surface area contributed by atoms with E-state index < -0.39 is 0 Å². The number of carbonyl (C=O) groups is 1. The number of hydrogen-bond acceptors (Lipinski definition) is 4. The summed E-state index contributed by atoms with van der Waals surface area (Å²) in [5.41, 5.74) is 4.95. The average molecular weight is 363 g/mol. The first kappa shape index (κ1) is 17.1. The summed E-state index contributed by atoms with van der Waals surface area (Å²) in [5.74, 6) is 0.894. The van der Waals surface area contributed by atoms with E-state index in [1.807, 2.05) is 32.0 Å². The summed E-state index contributed by atoms with van der Waals surface area (Å²) >= 11 is 0. The normalized spacial score (nSPS) is 16.0. The number of hydrogen-bond donors (Lipinski definition) is 2. The number of carbonyl (C=O) groups excluding carboxylic acids is 1. The highest BCUT2D eigenvalue weighted by Gasteiger charge is 2.30. The Balaban J connectivity index is 1.81. The maximum atomic E-state index is 12.4. The predicted molar refractivity (Wildman–Crippen MR) is 103 cm³/mol. The van der Waals surface area contributed by atoms with Crippen LogP contribution in [-0.4, -0.2) is 27.9 Å². The fraction of sp³-hybridized carbons (Fsp3) is 0.238. The molecule has 2 N–H and O–H groups in total. The van der Waals surface area contributed by atoms with Gasteiger partial charge in [0.1, 0.15) is 5.82 Å². The lowest BCUT2D eigenvalue weighted by Gasteiger charge is -2.24. The molecule has 6 heteroatoms. The third-order valence-corrected chi connectivity index (χ3v) is 4.88. The van der Waals surface area contributed by atoms with Gasteiger partial charge in [-0.05, 0) is 54.8 Å². The number of phenols is 1. The summed E-state index contributed by atoms with van der Waals surface area (Å²) in [6.07, 6.45) is 2.09. The van der Waals surface area contributed by atoms with Gasteiger partial charge in [0.25, 0.3) is 0 Å². The van der Waals surface area contributed by atoms with E-state index >= 15 is 0 Å². The number of phenolic OH excluding ortho intramolecular Hbond substituents is 1. The van der Waals surface area contributed by atoms with Crippen LogP contribution >= 0.6 is 0 Å². The number of anilines is 1. The van der Waals surface area contributed by atoms with Crippen molar-refractivity contribution in [1.29, 1.82) is 0 Å². The Bertz CT molecular complexity index is 1020. The number of aromatic hydroxyl groups is 1. The molecule has 1 aliphatic heterocycles. The van der Waals surface area contributed by atoms with Crippen molar-refractivity contribution in [1.82, 2.24) is 9.78 Å². The first-order chi connectivity index (χ1) is 13.0. The van der Waals surface area contributed by atoms with Crippen LogP contribution in [0.15, 0.2) is 42.6 Å². The summed E-state index contributed by atoms with van der Waals surface area (Å²) < 4.78 is 6.88. The molecule has 0 spiro atoms. The van der Waals surface area contributed by atoms with Gasteiger partial charge in [0.2, 0.25) is 5.91 Å². The van der Waals surface area contributed by atoms with Crippen LogP contribution in [-0.2, 0) is 4.79 Å². The maximum Gasteiger partial charge on any atom is 0.226 e. The number of benzene rings is 2. The zero-order valence-electron chi connectivity index (χ0n) is 15.5. The van der Waals surface area contributed by atoms with Crippen molar-refractivity contribution in [2.24, 2.45) is 0 Å². The van der Waals surface area contributed by atoms with Gasteiger partial charge >= 0.3 is 0 Å². The fourth-order valence-electron chi connectivity index (χ4n) is 3.71. The van der Waals surface area contributed by atoms with Crippen molar-refractivity contribution in [3.63, 3.8) is 0 Å². The topological polar surface area (TPSA) is 76.4 Å². The lowest BCUT2D eigenvalue weighted by Crippen LogP contribution is -2.24. The second-order valence-electron chi connectivity index (χ2n) is 6.94. The van der Waals surface area contributed by atoms with Gasteiger partial charge in [-0.15, -0.1) is 0 Å². The summed E-state index contributed by atoms with van der Waals surface area (Å²) in [6.45, 7) is 4.07. The molecule has 0 saturated carbocycles. The Kier molecular flexibility index (Phi) is 4.11. The number of methoxy groups -OCH3 is 1. The standard InChI is InChI=1S/C21H21N3O3/c1-12-6-13(2)8-15(7-12)24-21-17(11-22-24)16(10-20(26)23-21)14-4-5-19(27-3)18(25)9-14/h4-9,11,16,25H,10H2,1-3H3,(H,23,26). The number of ether oxygens (including phenoxy) is 1. The van der Waals surface area contributed by atoms with Gasteiger partial charge < -0.3 is 15.2 Å². The van der Waals surface area contributed by atoms with Crippen LogP contribution in [0.2, 0.25) is 0 Å². The molecular weight excluding hydrogens is 342 g/mol. The van der Waals surface area contributed by atoms with Crippen LogP contribution in [0.1, 0.15) is 34.6 Å². The Morgan fingerprint density at radius 3 is 2.59 bits per heavy atom. The van der Waals surface area contributed by atoms with Gasteiger partial charge in [-0.3, -0.25) is 4.79 Å². The molecule has 138 valence electrons. The van der Waals surface area contributed by atoms with E-state index in [9.17, 15) is 9.90 Å². The van der Waals surface area contributed by atoms with Crippen LogP contribution in [0.25, 0.3) is 5.69 Å². The van der Waals surface area contributed by atoms with Crippen molar-refractivity contribution in [3.05, 3.63) is 64.8 Å². The van der Waals surface area contributed by atoms with Crippen LogP contribution in [0, 0.1) is 13.8 Å². The number of nitrogens with zero attached hydrogens (tertiary/aromatic N) is 2. The third-order valence-electron chi connectivity index (χ3n) is 4.88. The minimum atomic E-state index is -0.176. The molecule has 2 aromatic carbocycles. The number of aryl methyl sites for hydroxylation is 2. The van der Waals surface area contributed by atoms with Gasteiger partial charge in [0, 0.05) is 17.9 Å². The Labute approximate surface area is 157 Å². The van der Waals surface area contributed by atoms with E-state index in [1.165, 1.54) is 7.11 Å². The average Bonchev–Trinajstić information content (AvgIpc) is 3.03. The number of nitrogens with one attached hydrogen (secondary N) is 1. The molecular formula is C21H21N3O3. The number of amides is 1. The molecule has 1 aliphatic rings. The number of aromatic nitrogens is 2. The van der Waals surface area contributed by atoms with Gasteiger partial charge in [0.05, 0.1) is 19.0 Å². The van der Waals surface area contributed by atoms with E-state index in [1.54, 1.807) is 23.0 Å². The molecule has 1 aromatic heterocycles. The van der Waals surface area contributed by atoms with Crippen molar-refractivity contribution in [2.45, 2.75) is 26.2 Å². The summed E-state index contributed by atoms with van der Waals surface area (Å²) in [7, 11) is 1.51. The summed E-state index contributed by atoms with van der Waals surface area (Å²) in [5, 5.41) is 17.6. The zero-order valence-corrected chi connectivity index (χ0v) is 15.5. The van der Waals surface area contributed by atoms with Crippen LogP contribution in [0.5, 0.6) is 11.5 Å². The van der Waals surface area contributed by atoms with Gasteiger partial charge in [-0.2, -0.15) is 5.10 Å². The predicted octanol–water partition coefficient (Wildman–Crippen LogP) is 3.68. The molecule has 0 aliphatic carbocycles. The lowest BCUT2D eigenvalue weighted by atomic mass is 9.87. The second kappa shape index (κ2) is 6.46. The third kappa shape index (κ3) is 3.03. The van der Waals surface area contributed by atoms with Gasteiger partial charge in [0.15, 0.2) is 11.5 Å². The first-order valence-corrected chi connectivity index (χ1v) is 8.79. The smallest absolute Gasteiger partial charge is 0.226 e. The number of rotatable bonds is 3. The van der Waals surface area contributed by atoms with E-state index in [4.69, 9.17) is 4.74 Å². The molecule has 0 bridgehead atoms. The van der Waals surface area contributed by atoms with E-state index in [0.717, 1.165) is 27.9 Å². The van der Waals surface area contributed by atoms with Crippen molar-refractivity contribution < 1.29 is 14.6 Å². The highest BCUT2D eigenvalue weighted by molar-refractivity contribution is 5.94. The minimum Gasteiger partial charge on any atom is -0.504 e. The monoisotopic (exact) mass is 363 g/mol. The van der Waals surface area contributed by atoms with Crippen molar-refractivity contribution >= 4 is 11.7 Å². The molecule has 1 atom stereocenters. The van der Waals surface area contributed by atoms with Crippen molar-refractivity contribution in [3.8, 4) is 17.2 Å². The van der Waals surface area contributed by atoms with Crippen LogP contribution in [0.4, 0.5) is 5.82 Å². The molecule has 4 rings (SSSR count). The molecule has 27 heavy (non-hydrogen) atoms. The highest BCUT2D eigenvalue weighted by atomic mass is 16.5.